The van der Waals surface area contributed by atoms with Crippen molar-refractivity contribution in [1.82, 2.24) is 0 Å². The van der Waals surface area contributed by atoms with Crippen LogP contribution in [0.15, 0.2) is 12.1 Å². The van der Waals surface area contributed by atoms with E-state index in [9.17, 15) is 17.6 Å². The van der Waals surface area contributed by atoms with E-state index < -0.39 is 29.5 Å². The molecule has 0 spiro atoms. The molecule has 0 N–H and O–H groups in total. The maximum absolute atomic E-state index is 13.0. The van der Waals surface area contributed by atoms with E-state index in [2.05, 4.69) is 0 Å². The van der Waals surface area contributed by atoms with Crippen molar-refractivity contribution in [2.75, 3.05) is 0 Å². The van der Waals surface area contributed by atoms with Crippen molar-refractivity contribution in [2.45, 2.75) is 18.8 Å². The predicted octanol–water partition coefficient (Wildman–Crippen LogP) is 3.00. The normalized spacial score (nSPS) is 18.8. The van der Waals surface area contributed by atoms with Gasteiger partial charge in [0.25, 0.3) is 5.92 Å². The molecule has 1 aromatic rings. The van der Waals surface area contributed by atoms with Gasteiger partial charge in [0.15, 0.2) is 0 Å². The number of hydrogen-bond acceptors (Lipinski definition) is 0. The average molecular weight is 190 g/mol. The Kier molecular flexibility index (Phi) is 1.62. The summed E-state index contributed by atoms with van der Waals surface area (Å²) >= 11 is 0. The van der Waals surface area contributed by atoms with Crippen LogP contribution in [-0.4, -0.2) is 0 Å². The minimum atomic E-state index is -3.21. The van der Waals surface area contributed by atoms with Gasteiger partial charge < -0.3 is 0 Å². The van der Waals surface area contributed by atoms with Crippen molar-refractivity contribution >= 4 is 0 Å². The van der Waals surface area contributed by atoms with Gasteiger partial charge in [-0.25, -0.2) is 17.6 Å². The summed E-state index contributed by atoms with van der Waals surface area (Å²) in [5.41, 5.74) is -0.933. The molecular formula is C9H6F4. The van der Waals surface area contributed by atoms with Crippen LogP contribution in [0.4, 0.5) is 17.6 Å². The predicted molar refractivity (Wildman–Crippen MR) is 38.6 cm³/mol. The summed E-state index contributed by atoms with van der Waals surface area (Å²) in [6.45, 7) is 0. The van der Waals surface area contributed by atoms with Gasteiger partial charge in [0, 0.05) is 12.0 Å². The fraction of sp³-hybridized carbons (Fsp3) is 0.333. The second-order valence-electron chi connectivity index (χ2n) is 3.09. The van der Waals surface area contributed by atoms with Crippen LogP contribution in [0.5, 0.6) is 0 Å². The zero-order valence-electron chi connectivity index (χ0n) is 6.58. The quantitative estimate of drug-likeness (QED) is 0.551. The summed E-state index contributed by atoms with van der Waals surface area (Å²) in [6.07, 6.45) is -0.591. The third-order valence-electron chi connectivity index (χ3n) is 2.26. The molecule has 0 aromatic heterocycles. The van der Waals surface area contributed by atoms with E-state index in [4.69, 9.17) is 0 Å². The molecule has 1 aliphatic rings. The first kappa shape index (κ1) is 8.53. The highest BCUT2D eigenvalue weighted by Gasteiger charge is 2.43. The lowest BCUT2D eigenvalue weighted by molar-refractivity contribution is -0.00502. The van der Waals surface area contributed by atoms with Crippen molar-refractivity contribution in [3.05, 3.63) is 34.9 Å². The summed E-state index contributed by atoms with van der Waals surface area (Å²) in [6, 6.07) is 1.63. The molecule has 0 atom stereocenters. The van der Waals surface area contributed by atoms with Gasteiger partial charge in [-0.3, -0.25) is 0 Å². The van der Waals surface area contributed by atoms with Crippen molar-refractivity contribution in [1.29, 1.82) is 0 Å². The maximum atomic E-state index is 13.0. The lowest BCUT2D eigenvalue weighted by atomic mass is 10.1. The third-order valence-corrected chi connectivity index (χ3v) is 2.26. The number of rotatable bonds is 0. The van der Waals surface area contributed by atoms with Crippen LogP contribution in [0.2, 0.25) is 0 Å². The number of hydrogen-bond donors (Lipinski definition) is 0. The van der Waals surface area contributed by atoms with Crippen LogP contribution >= 0.6 is 0 Å². The standard InChI is InChI=1S/C9H6F4/c10-6-1-2-7(11)8-5(6)3-4-9(8,12)13/h1-2H,3-4H2. The largest absolute Gasteiger partial charge is 0.276 e. The second kappa shape index (κ2) is 2.47. The first-order chi connectivity index (χ1) is 6.02. The summed E-state index contributed by atoms with van der Waals surface area (Å²) in [4.78, 5) is 0. The van der Waals surface area contributed by atoms with Crippen molar-refractivity contribution < 1.29 is 17.6 Å². The Morgan fingerprint density at radius 1 is 1.08 bits per heavy atom. The smallest absolute Gasteiger partial charge is 0.207 e. The lowest BCUT2D eigenvalue weighted by Gasteiger charge is -2.10. The first-order valence-electron chi connectivity index (χ1n) is 3.87. The Morgan fingerprint density at radius 2 is 1.69 bits per heavy atom. The SMILES string of the molecule is Fc1ccc(F)c2c1CCC2(F)F. The Balaban J connectivity index is 2.70. The fourth-order valence-corrected chi connectivity index (χ4v) is 1.64. The monoisotopic (exact) mass is 190 g/mol. The number of fused-ring (bicyclic) bond motifs is 1. The van der Waals surface area contributed by atoms with Crippen LogP contribution in [-0.2, 0) is 12.3 Å². The van der Waals surface area contributed by atoms with E-state index >= 15 is 0 Å². The maximum Gasteiger partial charge on any atom is 0.276 e. The number of halogens is 4. The Labute approximate surface area is 72.2 Å². The van der Waals surface area contributed by atoms with E-state index in [1.165, 1.54) is 0 Å². The molecule has 0 amide bonds. The van der Waals surface area contributed by atoms with Gasteiger partial charge in [0.05, 0.1) is 5.56 Å². The van der Waals surface area contributed by atoms with Crippen LogP contribution in [0.1, 0.15) is 17.5 Å². The molecule has 13 heavy (non-hydrogen) atoms. The molecule has 0 aliphatic heterocycles. The summed E-state index contributed by atoms with van der Waals surface area (Å²) in [5, 5.41) is 0. The van der Waals surface area contributed by atoms with Gasteiger partial charge >= 0.3 is 0 Å². The molecule has 0 fully saturated rings. The van der Waals surface area contributed by atoms with Crippen LogP contribution < -0.4 is 0 Å². The van der Waals surface area contributed by atoms with Gasteiger partial charge in [0.1, 0.15) is 11.6 Å². The number of alkyl halides is 2. The van der Waals surface area contributed by atoms with Gasteiger partial charge in [-0.2, -0.15) is 0 Å². The van der Waals surface area contributed by atoms with Gasteiger partial charge in [-0.05, 0) is 18.6 Å². The Bertz CT molecular complexity index is 357. The highest BCUT2D eigenvalue weighted by molar-refractivity contribution is 5.37. The molecule has 0 bridgehead atoms. The lowest BCUT2D eigenvalue weighted by Crippen LogP contribution is -2.10. The molecule has 2 rings (SSSR count). The average Bonchev–Trinajstić information content (AvgIpc) is 2.36. The Morgan fingerprint density at radius 3 is 2.31 bits per heavy atom. The van der Waals surface area contributed by atoms with Gasteiger partial charge in [-0.15, -0.1) is 0 Å². The fourth-order valence-electron chi connectivity index (χ4n) is 1.64. The topological polar surface area (TPSA) is 0 Å². The molecule has 1 aliphatic carbocycles. The van der Waals surface area contributed by atoms with Crippen LogP contribution in [0.3, 0.4) is 0 Å². The van der Waals surface area contributed by atoms with Gasteiger partial charge in [-0.1, -0.05) is 0 Å². The summed E-state index contributed by atoms with van der Waals surface area (Å²) in [5.74, 6) is -4.96. The zero-order valence-corrected chi connectivity index (χ0v) is 6.58. The highest BCUT2D eigenvalue weighted by Crippen LogP contribution is 2.43. The minimum Gasteiger partial charge on any atom is -0.207 e. The molecule has 0 saturated carbocycles. The molecule has 0 unspecified atom stereocenters. The van der Waals surface area contributed by atoms with Gasteiger partial charge in [0.2, 0.25) is 0 Å². The highest BCUT2D eigenvalue weighted by atomic mass is 19.3. The minimum absolute atomic E-state index is 0.0913. The van der Waals surface area contributed by atoms with Crippen LogP contribution in [0.25, 0.3) is 0 Å². The molecule has 4 heteroatoms. The summed E-state index contributed by atoms with van der Waals surface area (Å²) < 4.78 is 51.8. The van der Waals surface area contributed by atoms with E-state index in [-0.39, 0.29) is 12.0 Å². The summed E-state index contributed by atoms with van der Waals surface area (Å²) in [7, 11) is 0. The molecule has 1 aromatic carbocycles. The molecule has 0 radical (unpaired) electrons. The van der Waals surface area contributed by atoms with Crippen LogP contribution in [0, 0.1) is 11.6 Å². The second-order valence-corrected chi connectivity index (χ2v) is 3.09. The van der Waals surface area contributed by atoms with E-state index in [0.29, 0.717) is 0 Å². The third kappa shape index (κ3) is 1.12. The molecule has 0 heterocycles. The first-order valence-corrected chi connectivity index (χ1v) is 3.87. The Hall–Kier alpha value is -1.06. The van der Waals surface area contributed by atoms with Crippen molar-refractivity contribution in [3.8, 4) is 0 Å². The van der Waals surface area contributed by atoms with Crippen molar-refractivity contribution in [3.63, 3.8) is 0 Å². The number of benzene rings is 1. The molecular weight excluding hydrogens is 184 g/mol. The van der Waals surface area contributed by atoms with E-state index in [0.717, 1.165) is 12.1 Å². The van der Waals surface area contributed by atoms with E-state index in [1.54, 1.807) is 0 Å². The van der Waals surface area contributed by atoms with E-state index in [1.807, 2.05) is 0 Å². The molecule has 70 valence electrons. The molecule has 0 saturated heterocycles. The van der Waals surface area contributed by atoms with Crippen molar-refractivity contribution in [2.24, 2.45) is 0 Å². The zero-order chi connectivity index (χ0) is 9.64. The molecule has 0 nitrogen and oxygen atoms in total.